The third-order valence-corrected chi connectivity index (χ3v) is 4.62. The summed E-state index contributed by atoms with van der Waals surface area (Å²) in [5, 5.41) is 2.91. The van der Waals surface area contributed by atoms with Crippen LogP contribution < -0.4 is 5.32 Å². The summed E-state index contributed by atoms with van der Waals surface area (Å²) in [6.07, 6.45) is 12.4. The molecule has 1 aliphatic rings. The maximum Gasteiger partial charge on any atom is 0.286 e. The predicted molar refractivity (Wildman–Crippen MR) is 106 cm³/mol. The molecule has 1 atom stereocenters. The summed E-state index contributed by atoms with van der Waals surface area (Å²) >= 11 is 0. The molecule has 1 heterocycles. The van der Waals surface area contributed by atoms with Gasteiger partial charge in [0, 0.05) is 12.0 Å². The third-order valence-electron chi connectivity index (χ3n) is 4.62. The number of hydrogen-bond donors (Lipinski definition) is 1. The van der Waals surface area contributed by atoms with E-state index in [0.29, 0.717) is 12.3 Å². The highest BCUT2D eigenvalue weighted by Gasteiger charge is 2.13. The maximum absolute atomic E-state index is 12.0. The van der Waals surface area contributed by atoms with Gasteiger partial charge >= 0.3 is 0 Å². The Morgan fingerprint density at radius 2 is 1.92 bits per heavy atom. The Bertz CT molecular complexity index is 837. The van der Waals surface area contributed by atoms with Crippen molar-refractivity contribution in [2.75, 3.05) is 6.54 Å². The summed E-state index contributed by atoms with van der Waals surface area (Å²) in [6.45, 7) is 7.06. The van der Waals surface area contributed by atoms with E-state index in [1.54, 1.807) is 12.1 Å². The highest BCUT2D eigenvalue weighted by molar-refractivity contribution is 5.91. The molecule has 1 amide bonds. The van der Waals surface area contributed by atoms with E-state index in [2.05, 4.69) is 80.7 Å². The van der Waals surface area contributed by atoms with Crippen molar-refractivity contribution in [1.29, 1.82) is 0 Å². The Morgan fingerprint density at radius 3 is 2.62 bits per heavy atom. The minimum Gasteiger partial charge on any atom is -0.459 e. The predicted octanol–water partition coefficient (Wildman–Crippen LogP) is 5.35. The molecule has 3 rings (SSSR count). The van der Waals surface area contributed by atoms with Gasteiger partial charge in [-0.3, -0.25) is 4.79 Å². The van der Waals surface area contributed by atoms with Gasteiger partial charge in [0.05, 0.1) is 6.26 Å². The summed E-state index contributed by atoms with van der Waals surface area (Å²) < 4.78 is 5.11. The largest absolute Gasteiger partial charge is 0.459 e. The standard InChI is InChI=1S/C23H25NO2/c1-17(16-24-22(25)21-7-5-15-26-21)18-8-10-20(11-9-18)19-6-4-13-23(2,3)14-12-19/h4-15,17H,16H2,1-3H3,(H,24,25). The van der Waals surface area contributed by atoms with E-state index in [9.17, 15) is 4.79 Å². The summed E-state index contributed by atoms with van der Waals surface area (Å²) in [5.74, 6) is 0.387. The molecule has 1 aromatic carbocycles. The normalized spacial score (nSPS) is 16.7. The molecule has 1 aliphatic carbocycles. The first-order chi connectivity index (χ1) is 12.4. The lowest BCUT2D eigenvalue weighted by Gasteiger charge is -2.14. The van der Waals surface area contributed by atoms with E-state index < -0.39 is 0 Å². The van der Waals surface area contributed by atoms with Gasteiger partial charge < -0.3 is 9.73 Å². The van der Waals surface area contributed by atoms with Crippen molar-refractivity contribution >= 4 is 11.5 Å². The van der Waals surface area contributed by atoms with Crippen molar-refractivity contribution < 1.29 is 9.21 Å². The molecule has 0 saturated carbocycles. The van der Waals surface area contributed by atoms with E-state index >= 15 is 0 Å². The molecule has 1 N–H and O–H groups in total. The van der Waals surface area contributed by atoms with Gasteiger partial charge in [-0.05, 0) is 34.8 Å². The first-order valence-electron chi connectivity index (χ1n) is 8.95. The Balaban J connectivity index is 1.63. The summed E-state index contributed by atoms with van der Waals surface area (Å²) in [6, 6.07) is 11.9. The number of benzene rings is 1. The Labute approximate surface area is 155 Å². The first-order valence-corrected chi connectivity index (χ1v) is 8.95. The molecule has 1 unspecified atom stereocenters. The third kappa shape index (κ3) is 4.42. The zero-order valence-electron chi connectivity index (χ0n) is 15.5. The van der Waals surface area contributed by atoms with Crippen LogP contribution in [-0.2, 0) is 0 Å². The second kappa shape index (κ2) is 7.61. The molecule has 0 fully saturated rings. The Hall–Kier alpha value is -2.81. The van der Waals surface area contributed by atoms with Gasteiger partial charge in [-0.15, -0.1) is 0 Å². The quantitative estimate of drug-likeness (QED) is 0.792. The molecule has 3 nitrogen and oxygen atoms in total. The lowest BCUT2D eigenvalue weighted by atomic mass is 9.92. The van der Waals surface area contributed by atoms with Gasteiger partial charge in [-0.1, -0.05) is 75.4 Å². The van der Waals surface area contributed by atoms with E-state index in [4.69, 9.17) is 4.42 Å². The number of allylic oxidation sites excluding steroid dienone is 6. The van der Waals surface area contributed by atoms with Crippen molar-refractivity contribution in [2.45, 2.75) is 26.7 Å². The molecule has 0 saturated heterocycles. The number of amides is 1. The minimum atomic E-state index is -0.179. The maximum atomic E-state index is 12.0. The van der Waals surface area contributed by atoms with Crippen LogP contribution in [0.1, 0.15) is 48.4 Å². The van der Waals surface area contributed by atoms with Crippen LogP contribution in [0.15, 0.2) is 77.5 Å². The minimum absolute atomic E-state index is 0.0822. The zero-order chi connectivity index (χ0) is 18.6. The molecular weight excluding hydrogens is 322 g/mol. The number of hydrogen-bond acceptors (Lipinski definition) is 2. The van der Waals surface area contributed by atoms with Crippen LogP contribution in [0.3, 0.4) is 0 Å². The molecule has 0 aliphatic heterocycles. The molecular formula is C23H25NO2. The average molecular weight is 347 g/mol. The van der Waals surface area contributed by atoms with Crippen molar-refractivity contribution in [2.24, 2.45) is 5.41 Å². The van der Waals surface area contributed by atoms with Crippen LogP contribution in [0.4, 0.5) is 0 Å². The number of rotatable bonds is 5. The lowest BCUT2D eigenvalue weighted by Crippen LogP contribution is -2.27. The molecule has 3 heteroatoms. The van der Waals surface area contributed by atoms with Crippen LogP contribution in [0.2, 0.25) is 0 Å². The monoisotopic (exact) mass is 347 g/mol. The summed E-state index contributed by atoms with van der Waals surface area (Å²) in [4.78, 5) is 12.0. The van der Waals surface area contributed by atoms with Crippen LogP contribution >= 0.6 is 0 Å². The van der Waals surface area contributed by atoms with Crippen molar-refractivity contribution in [3.63, 3.8) is 0 Å². The topological polar surface area (TPSA) is 42.2 Å². The van der Waals surface area contributed by atoms with Crippen LogP contribution in [0, 0.1) is 5.41 Å². The van der Waals surface area contributed by atoms with Crippen LogP contribution in [0.25, 0.3) is 5.57 Å². The molecule has 26 heavy (non-hydrogen) atoms. The van der Waals surface area contributed by atoms with Gasteiger partial charge in [0.1, 0.15) is 0 Å². The number of carbonyl (C=O) groups excluding carboxylic acids is 1. The smallest absolute Gasteiger partial charge is 0.286 e. The van der Waals surface area contributed by atoms with E-state index in [1.807, 2.05) is 0 Å². The molecule has 0 bridgehead atoms. The van der Waals surface area contributed by atoms with Gasteiger partial charge in [-0.25, -0.2) is 0 Å². The van der Waals surface area contributed by atoms with E-state index in [-0.39, 0.29) is 17.2 Å². The molecule has 0 spiro atoms. The second-order valence-corrected chi connectivity index (χ2v) is 7.35. The number of nitrogens with one attached hydrogen (secondary N) is 1. The van der Waals surface area contributed by atoms with Gasteiger partial charge in [0.25, 0.3) is 5.91 Å². The van der Waals surface area contributed by atoms with Crippen LogP contribution in [0.5, 0.6) is 0 Å². The van der Waals surface area contributed by atoms with Gasteiger partial charge in [0.15, 0.2) is 5.76 Å². The first kappa shape index (κ1) is 18.0. The number of furan rings is 1. The van der Waals surface area contributed by atoms with Crippen molar-refractivity contribution in [3.05, 3.63) is 89.9 Å². The fourth-order valence-corrected chi connectivity index (χ4v) is 2.87. The molecule has 134 valence electrons. The molecule has 0 radical (unpaired) electrons. The fourth-order valence-electron chi connectivity index (χ4n) is 2.87. The SMILES string of the molecule is CC(CNC(=O)c1ccco1)c1ccc(C2=CC=CC(C)(C)C=C2)cc1. The highest BCUT2D eigenvalue weighted by Crippen LogP contribution is 2.27. The average Bonchev–Trinajstić information content (AvgIpc) is 3.11. The second-order valence-electron chi connectivity index (χ2n) is 7.35. The Morgan fingerprint density at radius 1 is 1.15 bits per heavy atom. The van der Waals surface area contributed by atoms with Crippen molar-refractivity contribution in [1.82, 2.24) is 5.32 Å². The number of carbonyl (C=O) groups is 1. The molecule has 2 aromatic rings. The fraction of sp³-hybridized carbons (Fsp3) is 0.261. The van der Waals surface area contributed by atoms with Gasteiger partial charge in [0.2, 0.25) is 0 Å². The van der Waals surface area contributed by atoms with Crippen molar-refractivity contribution in [3.8, 4) is 0 Å². The van der Waals surface area contributed by atoms with E-state index in [1.165, 1.54) is 23.0 Å². The van der Waals surface area contributed by atoms with E-state index in [0.717, 1.165) is 0 Å². The summed E-state index contributed by atoms with van der Waals surface area (Å²) in [7, 11) is 0. The van der Waals surface area contributed by atoms with Gasteiger partial charge in [-0.2, -0.15) is 0 Å². The lowest BCUT2D eigenvalue weighted by molar-refractivity contribution is 0.0924. The molecule has 1 aromatic heterocycles. The zero-order valence-corrected chi connectivity index (χ0v) is 15.5. The highest BCUT2D eigenvalue weighted by atomic mass is 16.3. The Kier molecular flexibility index (Phi) is 5.27. The summed E-state index contributed by atoms with van der Waals surface area (Å²) in [5.41, 5.74) is 3.68. The van der Waals surface area contributed by atoms with Crippen LogP contribution in [-0.4, -0.2) is 12.5 Å².